The highest BCUT2D eigenvalue weighted by molar-refractivity contribution is 6.26. The first kappa shape index (κ1) is 17.7. The van der Waals surface area contributed by atoms with Crippen LogP contribution in [0, 0.1) is 39.5 Å². The molecule has 2 bridgehead atoms. The molecule has 2 aliphatic heterocycles. The second-order valence-corrected chi connectivity index (χ2v) is 8.85. The van der Waals surface area contributed by atoms with Crippen LogP contribution in [0.15, 0.2) is 42.2 Å². The number of aliphatic hydroxyl groups is 1. The first-order chi connectivity index (χ1) is 13.4. The van der Waals surface area contributed by atoms with Crippen molar-refractivity contribution in [1.82, 2.24) is 0 Å². The number of carbonyl (C=O) groups excluding carboxylic acids is 1. The van der Waals surface area contributed by atoms with Crippen molar-refractivity contribution in [2.45, 2.75) is 52.2 Å². The lowest BCUT2D eigenvalue weighted by Crippen LogP contribution is -2.33. The number of hydrogen-bond donors (Lipinski definition) is 1. The minimum Gasteiger partial charge on any atom is -0.511 e. The van der Waals surface area contributed by atoms with Crippen LogP contribution in [0.5, 0.6) is 0 Å². The number of fused-ring (bicyclic) bond motifs is 5. The molecule has 28 heavy (non-hydrogen) atoms. The Morgan fingerprint density at radius 3 is 2.36 bits per heavy atom. The monoisotopic (exact) mass is 374 g/mol. The largest absolute Gasteiger partial charge is 0.511 e. The van der Waals surface area contributed by atoms with E-state index in [1.807, 2.05) is 13.8 Å². The molecule has 2 aromatic carbocycles. The minimum atomic E-state index is -0.235. The van der Waals surface area contributed by atoms with E-state index in [0.29, 0.717) is 5.57 Å². The lowest BCUT2D eigenvalue weighted by molar-refractivity contribution is -0.118. The molecule has 2 saturated heterocycles. The van der Waals surface area contributed by atoms with Crippen LogP contribution in [0.3, 0.4) is 0 Å². The minimum absolute atomic E-state index is 0.0627. The van der Waals surface area contributed by atoms with Gasteiger partial charge in [-0.15, -0.1) is 0 Å². The van der Waals surface area contributed by atoms with E-state index in [9.17, 15) is 9.90 Å². The number of aryl methyl sites for hydroxylation is 4. The van der Waals surface area contributed by atoms with E-state index in [2.05, 4.69) is 50.2 Å². The van der Waals surface area contributed by atoms with Crippen molar-refractivity contribution < 1.29 is 14.6 Å². The average molecular weight is 374 g/mol. The summed E-state index contributed by atoms with van der Waals surface area (Å²) in [5.74, 6) is 0.0938. The maximum Gasteiger partial charge on any atom is 0.173 e. The van der Waals surface area contributed by atoms with Crippen molar-refractivity contribution in [2.24, 2.45) is 11.8 Å². The predicted octanol–water partition coefficient (Wildman–Crippen LogP) is 4.96. The van der Waals surface area contributed by atoms with Gasteiger partial charge in [-0.2, -0.15) is 0 Å². The number of ether oxygens (including phenoxy) is 1. The van der Waals surface area contributed by atoms with Crippen LogP contribution >= 0.6 is 0 Å². The summed E-state index contributed by atoms with van der Waals surface area (Å²) in [5, 5.41) is 11.2. The zero-order valence-electron chi connectivity index (χ0n) is 16.8. The van der Waals surface area contributed by atoms with Crippen LogP contribution in [0.4, 0.5) is 0 Å². The van der Waals surface area contributed by atoms with Gasteiger partial charge in [0.25, 0.3) is 0 Å². The molecule has 2 fully saturated rings. The third kappa shape index (κ3) is 2.35. The third-order valence-electron chi connectivity index (χ3n) is 6.87. The van der Waals surface area contributed by atoms with Crippen molar-refractivity contribution >= 4 is 11.4 Å². The van der Waals surface area contributed by atoms with Crippen LogP contribution in [0.2, 0.25) is 0 Å². The number of rotatable bonds is 2. The maximum atomic E-state index is 13.4. The van der Waals surface area contributed by atoms with E-state index in [-0.39, 0.29) is 41.5 Å². The van der Waals surface area contributed by atoms with Gasteiger partial charge in [0.15, 0.2) is 5.78 Å². The lowest BCUT2D eigenvalue weighted by Gasteiger charge is -2.28. The summed E-state index contributed by atoms with van der Waals surface area (Å²) in [4.78, 5) is 13.4. The van der Waals surface area contributed by atoms with Gasteiger partial charge >= 0.3 is 0 Å². The molecule has 3 unspecified atom stereocenters. The molecule has 5 rings (SSSR count). The van der Waals surface area contributed by atoms with Crippen molar-refractivity contribution in [2.75, 3.05) is 0 Å². The van der Waals surface area contributed by atoms with E-state index >= 15 is 0 Å². The number of hydrogen-bond acceptors (Lipinski definition) is 3. The molecule has 3 heteroatoms. The Hall–Kier alpha value is -2.39. The molecule has 2 heterocycles. The highest BCUT2D eigenvalue weighted by Crippen LogP contribution is 2.58. The van der Waals surface area contributed by atoms with Crippen molar-refractivity contribution in [3.05, 3.63) is 75.5 Å². The number of benzene rings is 2. The van der Waals surface area contributed by atoms with Gasteiger partial charge in [0.05, 0.1) is 29.6 Å². The fraction of sp³-hybridized carbons (Fsp3) is 0.400. The van der Waals surface area contributed by atoms with Gasteiger partial charge in [-0.25, -0.2) is 0 Å². The van der Waals surface area contributed by atoms with Crippen LogP contribution in [-0.2, 0) is 9.53 Å². The van der Waals surface area contributed by atoms with E-state index in [0.717, 1.165) is 23.1 Å². The summed E-state index contributed by atoms with van der Waals surface area (Å²) in [6.45, 7) is 8.21. The quantitative estimate of drug-likeness (QED) is 0.808. The smallest absolute Gasteiger partial charge is 0.173 e. The fourth-order valence-electron chi connectivity index (χ4n) is 5.91. The zero-order chi connectivity index (χ0) is 19.7. The third-order valence-corrected chi connectivity index (χ3v) is 6.87. The normalized spacial score (nSPS) is 31.0. The molecule has 3 nitrogen and oxygen atoms in total. The lowest BCUT2D eigenvalue weighted by atomic mass is 9.72. The molecular formula is C25H26O3. The van der Waals surface area contributed by atoms with Crippen molar-refractivity contribution in [3.8, 4) is 0 Å². The first-order valence-corrected chi connectivity index (χ1v) is 10.1. The maximum absolute atomic E-state index is 13.4. The molecule has 1 aliphatic carbocycles. The van der Waals surface area contributed by atoms with Crippen molar-refractivity contribution in [3.63, 3.8) is 0 Å². The first-order valence-electron chi connectivity index (χ1n) is 10.1. The van der Waals surface area contributed by atoms with Gasteiger partial charge in [0.2, 0.25) is 0 Å². The molecule has 2 aromatic rings. The van der Waals surface area contributed by atoms with E-state index in [4.69, 9.17) is 4.74 Å². The fourth-order valence-corrected chi connectivity index (χ4v) is 5.91. The Kier molecular flexibility index (Phi) is 3.82. The molecule has 0 spiro atoms. The van der Waals surface area contributed by atoms with Gasteiger partial charge in [0, 0.05) is 5.92 Å². The summed E-state index contributed by atoms with van der Waals surface area (Å²) in [7, 11) is 0. The van der Waals surface area contributed by atoms with Crippen LogP contribution < -0.4 is 0 Å². The Labute approximate surface area is 166 Å². The Morgan fingerprint density at radius 2 is 1.68 bits per heavy atom. The number of ketones is 1. The van der Waals surface area contributed by atoms with Crippen LogP contribution in [-0.4, -0.2) is 23.1 Å². The molecule has 0 amide bonds. The SMILES string of the molecule is Cc1cccc(C2CC3OC2[C@H]2C(O)=C(c4c(C)cc(C)cc4C)C(=O)[C@@H]32)c1. The molecule has 3 aliphatic rings. The Balaban J connectivity index is 1.58. The molecule has 0 saturated carbocycles. The summed E-state index contributed by atoms with van der Waals surface area (Å²) < 4.78 is 6.24. The number of allylic oxidation sites excluding steroid dienone is 1. The summed E-state index contributed by atoms with van der Waals surface area (Å²) in [6.07, 6.45) is 0.635. The highest BCUT2D eigenvalue weighted by atomic mass is 16.5. The predicted molar refractivity (Wildman–Crippen MR) is 109 cm³/mol. The van der Waals surface area contributed by atoms with Crippen LogP contribution in [0.25, 0.3) is 5.57 Å². The molecule has 144 valence electrons. The van der Waals surface area contributed by atoms with E-state index in [1.165, 1.54) is 16.7 Å². The van der Waals surface area contributed by atoms with Gasteiger partial charge in [0.1, 0.15) is 5.76 Å². The van der Waals surface area contributed by atoms with E-state index in [1.54, 1.807) is 0 Å². The van der Waals surface area contributed by atoms with Gasteiger partial charge in [-0.1, -0.05) is 47.5 Å². The average Bonchev–Trinajstić information content (AvgIpc) is 3.28. The summed E-state index contributed by atoms with van der Waals surface area (Å²) in [5.41, 5.74) is 7.20. The Bertz CT molecular complexity index is 1010. The summed E-state index contributed by atoms with van der Waals surface area (Å²) in [6, 6.07) is 12.7. The van der Waals surface area contributed by atoms with Gasteiger partial charge in [-0.3, -0.25) is 4.79 Å². The Morgan fingerprint density at radius 1 is 0.964 bits per heavy atom. The highest BCUT2D eigenvalue weighted by Gasteiger charge is 2.62. The van der Waals surface area contributed by atoms with E-state index < -0.39 is 0 Å². The number of Topliss-reactive ketones (excluding diaryl/α,β-unsaturated/α-hetero) is 1. The molecule has 0 aromatic heterocycles. The molecule has 0 radical (unpaired) electrons. The second-order valence-electron chi connectivity index (χ2n) is 8.85. The number of carbonyl (C=O) groups is 1. The van der Waals surface area contributed by atoms with Gasteiger partial charge in [-0.05, 0) is 56.4 Å². The molecular weight excluding hydrogens is 348 g/mol. The zero-order valence-corrected chi connectivity index (χ0v) is 16.8. The van der Waals surface area contributed by atoms with Crippen molar-refractivity contribution in [1.29, 1.82) is 0 Å². The van der Waals surface area contributed by atoms with Crippen LogP contribution in [0.1, 0.15) is 45.7 Å². The summed E-state index contributed by atoms with van der Waals surface area (Å²) >= 11 is 0. The molecule has 5 atom stereocenters. The number of aliphatic hydroxyl groups excluding tert-OH is 1. The van der Waals surface area contributed by atoms with Gasteiger partial charge < -0.3 is 9.84 Å². The topological polar surface area (TPSA) is 46.5 Å². The molecule has 1 N–H and O–H groups in total. The standard InChI is InChI=1S/C25H26O3/c1-12-6-5-7-16(10-12)17-11-18-20-22(25(17)28-18)24(27)21(23(20)26)19-14(3)8-13(2)9-15(19)4/h5-10,17-18,20,22,25,27H,11H2,1-4H3/t17?,18?,20-,22+,25?/m0/s1. The second kappa shape index (κ2) is 6.05.